The van der Waals surface area contributed by atoms with E-state index in [0.29, 0.717) is 25.4 Å². The highest BCUT2D eigenvalue weighted by molar-refractivity contribution is 5.91. The van der Waals surface area contributed by atoms with Crippen molar-refractivity contribution in [2.75, 3.05) is 38.1 Å². The van der Waals surface area contributed by atoms with E-state index in [-0.39, 0.29) is 18.4 Å². The van der Waals surface area contributed by atoms with Crippen LogP contribution in [0.5, 0.6) is 5.75 Å². The Balaban J connectivity index is 1.44. The molecule has 2 amide bonds. The SMILES string of the molecule is CC(=O)Nc1cccc(-c2ccc3ccc(OCC(O)CN4CCNC(=O)C4)cc3c2)c1. The predicted octanol–water partition coefficient (Wildman–Crippen LogP) is 2.64. The Morgan fingerprint density at radius 3 is 2.75 bits per heavy atom. The van der Waals surface area contributed by atoms with E-state index in [1.807, 2.05) is 53.4 Å². The molecule has 3 N–H and O–H groups in total. The Kier molecular flexibility index (Phi) is 6.68. The lowest BCUT2D eigenvalue weighted by Crippen LogP contribution is -2.50. The molecule has 7 heteroatoms. The van der Waals surface area contributed by atoms with Gasteiger partial charge in [0.2, 0.25) is 11.8 Å². The van der Waals surface area contributed by atoms with Crippen molar-refractivity contribution < 1.29 is 19.4 Å². The molecule has 7 nitrogen and oxygen atoms in total. The molecular weight excluding hydrogens is 406 g/mol. The lowest BCUT2D eigenvalue weighted by atomic mass is 10.0. The number of hydrogen-bond donors (Lipinski definition) is 3. The average molecular weight is 434 g/mol. The van der Waals surface area contributed by atoms with Crippen LogP contribution < -0.4 is 15.4 Å². The molecule has 0 aromatic heterocycles. The standard InChI is InChI=1S/C25H27N3O4/c1-17(29)27-22-4-2-3-19(12-22)20-6-5-18-7-8-24(13-21(18)11-20)32-16-23(30)14-28-10-9-26-25(31)15-28/h2-8,11-13,23,30H,9-10,14-16H2,1H3,(H,26,31)(H,27,29). The summed E-state index contributed by atoms with van der Waals surface area (Å²) < 4.78 is 5.83. The van der Waals surface area contributed by atoms with Gasteiger partial charge in [0.15, 0.2) is 0 Å². The Morgan fingerprint density at radius 2 is 1.94 bits per heavy atom. The van der Waals surface area contributed by atoms with Crippen molar-refractivity contribution >= 4 is 28.3 Å². The van der Waals surface area contributed by atoms with Crippen molar-refractivity contribution in [1.29, 1.82) is 0 Å². The second-order valence-electron chi connectivity index (χ2n) is 8.04. The van der Waals surface area contributed by atoms with Gasteiger partial charge in [-0.15, -0.1) is 0 Å². The second kappa shape index (κ2) is 9.80. The molecule has 1 heterocycles. The topological polar surface area (TPSA) is 90.9 Å². The first-order valence-corrected chi connectivity index (χ1v) is 10.7. The molecule has 1 saturated heterocycles. The summed E-state index contributed by atoms with van der Waals surface area (Å²) in [7, 11) is 0. The molecule has 0 aliphatic carbocycles. The van der Waals surface area contributed by atoms with Crippen LogP contribution in [-0.4, -0.2) is 60.7 Å². The number of β-amino-alcohol motifs (C(OH)–C–C–N with tert-alkyl or cyclic N) is 1. The van der Waals surface area contributed by atoms with E-state index in [4.69, 9.17) is 4.74 Å². The minimum atomic E-state index is -0.681. The number of rotatable bonds is 7. The number of carbonyl (C=O) groups excluding carboxylic acids is 2. The number of aliphatic hydroxyl groups excluding tert-OH is 1. The van der Waals surface area contributed by atoms with Crippen LogP contribution in [0.25, 0.3) is 21.9 Å². The van der Waals surface area contributed by atoms with Crippen LogP contribution in [0.4, 0.5) is 5.69 Å². The molecule has 3 aromatic rings. The fourth-order valence-corrected chi connectivity index (χ4v) is 3.86. The number of carbonyl (C=O) groups is 2. The van der Waals surface area contributed by atoms with Crippen LogP contribution in [0.2, 0.25) is 0 Å². The zero-order valence-electron chi connectivity index (χ0n) is 18.0. The van der Waals surface area contributed by atoms with Gasteiger partial charge in [-0.2, -0.15) is 0 Å². The lowest BCUT2D eigenvalue weighted by Gasteiger charge is -2.28. The highest BCUT2D eigenvalue weighted by Crippen LogP contribution is 2.28. The number of piperazine rings is 1. The van der Waals surface area contributed by atoms with E-state index in [2.05, 4.69) is 22.8 Å². The fraction of sp³-hybridized carbons (Fsp3) is 0.280. The first kappa shape index (κ1) is 21.8. The maximum atomic E-state index is 11.5. The summed E-state index contributed by atoms with van der Waals surface area (Å²) >= 11 is 0. The van der Waals surface area contributed by atoms with Gasteiger partial charge in [0.05, 0.1) is 6.54 Å². The van der Waals surface area contributed by atoms with Gasteiger partial charge in [0.1, 0.15) is 18.5 Å². The second-order valence-corrected chi connectivity index (χ2v) is 8.04. The highest BCUT2D eigenvalue weighted by Gasteiger charge is 2.19. The van der Waals surface area contributed by atoms with E-state index in [1.165, 1.54) is 6.92 Å². The minimum absolute atomic E-state index is 0.0164. The molecule has 0 bridgehead atoms. The van der Waals surface area contributed by atoms with E-state index in [1.54, 1.807) is 0 Å². The summed E-state index contributed by atoms with van der Waals surface area (Å²) in [6.45, 7) is 3.68. The first-order chi connectivity index (χ1) is 15.5. The number of anilines is 1. The monoisotopic (exact) mass is 433 g/mol. The molecule has 1 aliphatic heterocycles. The molecule has 1 fully saturated rings. The third kappa shape index (κ3) is 5.63. The Hall–Kier alpha value is -3.42. The molecule has 1 unspecified atom stereocenters. The Morgan fingerprint density at radius 1 is 1.12 bits per heavy atom. The van der Waals surface area contributed by atoms with Gasteiger partial charge in [0.25, 0.3) is 0 Å². The van der Waals surface area contributed by atoms with E-state index >= 15 is 0 Å². The fourth-order valence-electron chi connectivity index (χ4n) is 3.86. The summed E-state index contributed by atoms with van der Waals surface area (Å²) in [5.41, 5.74) is 2.79. The number of hydrogen-bond acceptors (Lipinski definition) is 5. The molecule has 1 atom stereocenters. The molecule has 0 spiro atoms. The summed E-state index contributed by atoms with van der Waals surface area (Å²) in [5, 5.41) is 18.0. The molecule has 3 aromatic carbocycles. The van der Waals surface area contributed by atoms with Crippen molar-refractivity contribution in [3.05, 3.63) is 60.7 Å². The van der Waals surface area contributed by atoms with Crippen LogP contribution in [0, 0.1) is 0 Å². The summed E-state index contributed by atoms with van der Waals surface area (Å²) in [4.78, 5) is 24.7. The van der Waals surface area contributed by atoms with Crippen molar-refractivity contribution in [3.63, 3.8) is 0 Å². The van der Waals surface area contributed by atoms with Crippen LogP contribution in [0.1, 0.15) is 6.92 Å². The van der Waals surface area contributed by atoms with Crippen molar-refractivity contribution in [2.24, 2.45) is 0 Å². The van der Waals surface area contributed by atoms with Crippen LogP contribution in [0.3, 0.4) is 0 Å². The maximum absolute atomic E-state index is 11.5. The van der Waals surface area contributed by atoms with Crippen LogP contribution in [-0.2, 0) is 9.59 Å². The normalized spacial score (nSPS) is 15.2. The zero-order chi connectivity index (χ0) is 22.5. The Bertz CT molecular complexity index is 1130. The quantitative estimate of drug-likeness (QED) is 0.533. The van der Waals surface area contributed by atoms with Gasteiger partial charge in [-0.1, -0.05) is 30.3 Å². The predicted molar refractivity (Wildman–Crippen MR) is 125 cm³/mol. The summed E-state index contributed by atoms with van der Waals surface area (Å²) in [6, 6.07) is 19.7. The number of fused-ring (bicyclic) bond motifs is 1. The molecule has 0 saturated carbocycles. The van der Waals surface area contributed by atoms with Crippen molar-refractivity contribution in [2.45, 2.75) is 13.0 Å². The smallest absolute Gasteiger partial charge is 0.234 e. The lowest BCUT2D eigenvalue weighted by molar-refractivity contribution is -0.124. The molecule has 32 heavy (non-hydrogen) atoms. The number of aliphatic hydroxyl groups is 1. The molecule has 0 radical (unpaired) electrons. The number of amides is 2. The van der Waals surface area contributed by atoms with Gasteiger partial charge >= 0.3 is 0 Å². The van der Waals surface area contributed by atoms with E-state index in [9.17, 15) is 14.7 Å². The van der Waals surface area contributed by atoms with E-state index < -0.39 is 6.10 Å². The van der Waals surface area contributed by atoms with Gasteiger partial charge in [-0.05, 0) is 52.2 Å². The third-order valence-electron chi connectivity index (χ3n) is 5.36. The molecular formula is C25H27N3O4. The summed E-state index contributed by atoms with van der Waals surface area (Å²) in [5.74, 6) is 0.558. The maximum Gasteiger partial charge on any atom is 0.234 e. The zero-order valence-corrected chi connectivity index (χ0v) is 18.0. The number of nitrogens with one attached hydrogen (secondary N) is 2. The van der Waals surface area contributed by atoms with Crippen LogP contribution >= 0.6 is 0 Å². The highest BCUT2D eigenvalue weighted by atomic mass is 16.5. The number of benzene rings is 3. The number of nitrogens with zero attached hydrogens (tertiary/aromatic N) is 1. The van der Waals surface area contributed by atoms with Gasteiger partial charge in [0, 0.05) is 32.2 Å². The summed E-state index contributed by atoms with van der Waals surface area (Å²) in [6.07, 6.45) is -0.681. The first-order valence-electron chi connectivity index (χ1n) is 10.7. The Labute approximate surface area is 187 Å². The molecule has 4 rings (SSSR count). The third-order valence-corrected chi connectivity index (χ3v) is 5.36. The molecule has 166 valence electrons. The van der Waals surface area contributed by atoms with Gasteiger partial charge in [-0.3, -0.25) is 14.5 Å². The largest absolute Gasteiger partial charge is 0.491 e. The average Bonchev–Trinajstić information content (AvgIpc) is 2.77. The van der Waals surface area contributed by atoms with Gasteiger partial charge < -0.3 is 20.5 Å². The van der Waals surface area contributed by atoms with Crippen molar-refractivity contribution in [3.8, 4) is 16.9 Å². The molecule has 1 aliphatic rings. The van der Waals surface area contributed by atoms with Crippen molar-refractivity contribution in [1.82, 2.24) is 10.2 Å². The minimum Gasteiger partial charge on any atom is -0.491 e. The van der Waals surface area contributed by atoms with Crippen LogP contribution in [0.15, 0.2) is 60.7 Å². The van der Waals surface area contributed by atoms with E-state index in [0.717, 1.165) is 34.1 Å². The number of ether oxygens (including phenoxy) is 1. The van der Waals surface area contributed by atoms with Gasteiger partial charge in [-0.25, -0.2) is 0 Å².